The Hall–Kier alpha value is -2.41. The van der Waals surface area contributed by atoms with E-state index < -0.39 is 0 Å². The maximum absolute atomic E-state index is 12.4. The van der Waals surface area contributed by atoms with Crippen molar-refractivity contribution in [2.24, 2.45) is 11.7 Å². The first kappa shape index (κ1) is 19.9. The molecule has 0 aliphatic carbocycles. The molecule has 1 saturated heterocycles. The number of hydrogen-bond donors (Lipinski definition) is 2. The summed E-state index contributed by atoms with van der Waals surface area (Å²) in [5.41, 5.74) is 6.32. The number of carbonyl (C=O) groups is 3. The molecular weight excluding hydrogens is 334 g/mol. The second-order valence-electron chi connectivity index (χ2n) is 6.57. The molecule has 142 valence electrons. The van der Waals surface area contributed by atoms with Crippen LogP contribution in [0.5, 0.6) is 0 Å². The van der Waals surface area contributed by atoms with Crippen LogP contribution >= 0.6 is 0 Å². The first-order valence-electron chi connectivity index (χ1n) is 9.08. The van der Waals surface area contributed by atoms with Crippen molar-refractivity contribution < 1.29 is 19.1 Å². The van der Waals surface area contributed by atoms with E-state index in [1.165, 1.54) is 0 Å². The van der Waals surface area contributed by atoms with Gasteiger partial charge in [-0.15, -0.1) is 0 Å². The van der Waals surface area contributed by atoms with E-state index in [-0.39, 0.29) is 30.2 Å². The van der Waals surface area contributed by atoms with Gasteiger partial charge in [0, 0.05) is 11.6 Å². The number of unbranched alkanes of at least 4 members (excludes halogenated alkanes) is 1. The molecule has 0 saturated carbocycles. The third-order valence-corrected chi connectivity index (χ3v) is 4.46. The van der Waals surface area contributed by atoms with Gasteiger partial charge in [0.1, 0.15) is 0 Å². The van der Waals surface area contributed by atoms with Crippen molar-refractivity contribution in [3.8, 4) is 0 Å². The number of benzene rings is 1. The monoisotopic (exact) mass is 361 g/mol. The van der Waals surface area contributed by atoms with Crippen LogP contribution < -0.4 is 11.1 Å². The highest BCUT2D eigenvalue weighted by atomic mass is 16.5. The van der Waals surface area contributed by atoms with Gasteiger partial charge in [0.15, 0.2) is 0 Å². The van der Waals surface area contributed by atoms with Crippen molar-refractivity contribution >= 4 is 23.5 Å². The zero-order valence-corrected chi connectivity index (χ0v) is 15.2. The number of esters is 1. The summed E-state index contributed by atoms with van der Waals surface area (Å²) in [7, 11) is 0. The van der Waals surface area contributed by atoms with Gasteiger partial charge >= 0.3 is 5.97 Å². The second kappa shape index (κ2) is 9.91. The number of hydrogen-bond acceptors (Lipinski definition) is 5. The smallest absolute Gasteiger partial charge is 0.338 e. The lowest BCUT2D eigenvalue weighted by atomic mass is 9.96. The minimum atomic E-state index is -0.349. The minimum absolute atomic E-state index is 0.0398. The summed E-state index contributed by atoms with van der Waals surface area (Å²) in [5.74, 6) is -0.820. The van der Waals surface area contributed by atoms with Crippen LogP contribution in [0.2, 0.25) is 0 Å². The molecule has 1 heterocycles. The van der Waals surface area contributed by atoms with E-state index in [1.807, 2.05) is 11.8 Å². The van der Waals surface area contributed by atoms with E-state index >= 15 is 0 Å². The third-order valence-electron chi connectivity index (χ3n) is 4.46. The van der Waals surface area contributed by atoms with Gasteiger partial charge in [-0.3, -0.25) is 14.5 Å². The van der Waals surface area contributed by atoms with Crippen LogP contribution in [0.4, 0.5) is 5.69 Å². The van der Waals surface area contributed by atoms with E-state index in [4.69, 9.17) is 10.5 Å². The van der Waals surface area contributed by atoms with Crippen molar-refractivity contribution in [1.82, 2.24) is 4.90 Å². The van der Waals surface area contributed by atoms with Crippen LogP contribution in [0.15, 0.2) is 24.3 Å². The molecule has 0 bridgehead atoms. The van der Waals surface area contributed by atoms with Crippen molar-refractivity contribution in [2.45, 2.75) is 32.6 Å². The number of nitrogens with two attached hydrogens (primary N) is 1. The average Bonchev–Trinajstić information content (AvgIpc) is 2.62. The minimum Gasteiger partial charge on any atom is -0.462 e. The van der Waals surface area contributed by atoms with Gasteiger partial charge in [-0.1, -0.05) is 13.3 Å². The number of ether oxygens (including phenoxy) is 1. The molecule has 7 nitrogen and oxygen atoms in total. The van der Waals surface area contributed by atoms with Gasteiger partial charge < -0.3 is 15.8 Å². The molecule has 0 unspecified atom stereocenters. The van der Waals surface area contributed by atoms with Gasteiger partial charge in [0.25, 0.3) is 0 Å². The Bertz CT molecular complexity index is 622. The lowest BCUT2D eigenvalue weighted by molar-refractivity contribution is -0.122. The number of anilines is 1. The van der Waals surface area contributed by atoms with Gasteiger partial charge in [-0.25, -0.2) is 4.79 Å². The Labute approximate surface area is 153 Å². The molecule has 2 amide bonds. The predicted molar refractivity (Wildman–Crippen MR) is 98.6 cm³/mol. The summed E-state index contributed by atoms with van der Waals surface area (Å²) in [4.78, 5) is 37.1. The molecule has 26 heavy (non-hydrogen) atoms. The van der Waals surface area contributed by atoms with Crippen LogP contribution in [0.25, 0.3) is 0 Å². The number of likely N-dealkylation sites (tertiary alicyclic amines) is 1. The normalized spacial score (nSPS) is 15.4. The molecule has 1 fully saturated rings. The third kappa shape index (κ3) is 6.15. The maximum Gasteiger partial charge on any atom is 0.338 e. The van der Waals surface area contributed by atoms with Crippen molar-refractivity contribution in [3.05, 3.63) is 29.8 Å². The second-order valence-corrected chi connectivity index (χ2v) is 6.57. The lowest BCUT2D eigenvalue weighted by Gasteiger charge is -2.30. The molecule has 0 spiro atoms. The number of piperidine rings is 1. The van der Waals surface area contributed by atoms with Gasteiger partial charge in [-0.05, 0) is 56.6 Å². The molecule has 0 aromatic heterocycles. The highest BCUT2D eigenvalue weighted by Crippen LogP contribution is 2.19. The highest BCUT2D eigenvalue weighted by Gasteiger charge is 2.25. The van der Waals surface area contributed by atoms with Gasteiger partial charge in [0.2, 0.25) is 11.8 Å². The fourth-order valence-corrected chi connectivity index (χ4v) is 2.90. The molecule has 0 atom stereocenters. The Kier molecular flexibility index (Phi) is 7.59. The fraction of sp³-hybridized carbons (Fsp3) is 0.526. The molecule has 2 rings (SSSR count). The standard InChI is InChI=1S/C19H27N3O4/c1-2-3-12-26-19(25)15-4-6-16(7-5-15)21-18(24)14-8-10-22(11-9-14)13-17(20)23/h4-7,14H,2-3,8-13H2,1H3,(H2,20,23)(H,21,24). The molecule has 1 aliphatic rings. The Morgan fingerprint density at radius 2 is 1.85 bits per heavy atom. The number of amides is 2. The van der Waals surface area contributed by atoms with E-state index in [1.54, 1.807) is 24.3 Å². The van der Waals surface area contributed by atoms with Crippen LogP contribution in [-0.4, -0.2) is 48.9 Å². The number of primary amides is 1. The molecule has 1 aromatic rings. The summed E-state index contributed by atoms with van der Waals surface area (Å²) >= 11 is 0. The molecule has 1 aromatic carbocycles. The average molecular weight is 361 g/mol. The Morgan fingerprint density at radius 1 is 1.19 bits per heavy atom. The lowest BCUT2D eigenvalue weighted by Crippen LogP contribution is -2.42. The number of nitrogens with zero attached hydrogens (tertiary/aromatic N) is 1. The number of nitrogens with one attached hydrogen (secondary N) is 1. The number of rotatable bonds is 8. The zero-order chi connectivity index (χ0) is 18.9. The van der Waals surface area contributed by atoms with Crippen molar-refractivity contribution in [1.29, 1.82) is 0 Å². The first-order valence-corrected chi connectivity index (χ1v) is 9.08. The topological polar surface area (TPSA) is 102 Å². The zero-order valence-electron chi connectivity index (χ0n) is 15.2. The van der Waals surface area contributed by atoms with E-state index in [2.05, 4.69) is 5.32 Å². The van der Waals surface area contributed by atoms with Crippen LogP contribution in [0.3, 0.4) is 0 Å². The van der Waals surface area contributed by atoms with E-state index in [0.29, 0.717) is 43.8 Å². The molecular formula is C19H27N3O4. The Balaban J connectivity index is 1.80. The van der Waals surface area contributed by atoms with Crippen LogP contribution in [0, 0.1) is 5.92 Å². The van der Waals surface area contributed by atoms with Gasteiger partial charge in [-0.2, -0.15) is 0 Å². The quantitative estimate of drug-likeness (QED) is 0.543. The van der Waals surface area contributed by atoms with Crippen LogP contribution in [-0.2, 0) is 14.3 Å². The highest BCUT2D eigenvalue weighted by molar-refractivity contribution is 5.94. The number of carbonyl (C=O) groups excluding carboxylic acids is 3. The summed E-state index contributed by atoms with van der Waals surface area (Å²) in [6.45, 7) is 4.06. The summed E-state index contributed by atoms with van der Waals surface area (Å²) < 4.78 is 5.16. The maximum atomic E-state index is 12.4. The molecule has 3 N–H and O–H groups in total. The largest absolute Gasteiger partial charge is 0.462 e. The SMILES string of the molecule is CCCCOC(=O)c1ccc(NC(=O)C2CCN(CC(N)=O)CC2)cc1. The summed E-state index contributed by atoms with van der Waals surface area (Å²) in [5, 5.41) is 2.88. The predicted octanol–water partition coefficient (Wildman–Crippen LogP) is 1.78. The van der Waals surface area contributed by atoms with E-state index in [0.717, 1.165) is 12.8 Å². The summed E-state index contributed by atoms with van der Waals surface area (Å²) in [6.07, 6.45) is 3.21. The fourth-order valence-electron chi connectivity index (χ4n) is 2.90. The van der Waals surface area contributed by atoms with E-state index in [9.17, 15) is 14.4 Å². The summed E-state index contributed by atoms with van der Waals surface area (Å²) in [6, 6.07) is 6.71. The molecule has 7 heteroatoms. The molecule has 0 radical (unpaired) electrons. The van der Waals surface area contributed by atoms with Crippen LogP contribution in [0.1, 0.15) is 43.0 Å². The molecule has 1 aliphatic heterocycles. The van der Waals surface area contributed by atoms with Crippen molar-refractivity contribution in [3.63, 3.8) is 0 Å². The first-order chi connectivity index (χ1) is 12.5. The van der Waals surface area contributed by atoms with Gasteiger partial charge in [0.05, 0.1) is 18.7 Å². The Morgan fingerprint density at radius 3 is 2.42 bits per heavy atom. The van der Waals surface area contributed by atoms with Crippen molar-refractivity contribution in [2.75, 3.05) is 31.6 Å².